The van der Waals surface area contributed by atoms with Crippen LogP contribution in [-0.4, -0.2) is 52.5 Å². The van der Waals surface area contributed by atoms with E-state index >= 15 is 0 Å². The van der Waals surface area contributed by atoms with E-state index in [9.17, 15) is 13.2 Å². The zero-order valence-electron chi connectivity index (χ0n) is 18.8. The third-order valence-electron chi connectivity index (χ3n) is 5.67. The number of amides is 1. The Bertz CT molecular complexity index is 998. The molecule has 0 saturated carbocycles. The molecule has 1 saturated heterocycles. The first-order valence-corrected chi connectivity index (χ1v) is 12.4. The van der Waals surface area contributed by atoms with Gasteiger partial charge in [-0.15, -0.1) is 0 Å². The van der Waals surface area contributed by atoms with Crippen LogP contribution in [0.1, 0.15) is 36.8 Å². The van der Waals surface area contributed by atoms with Gasteiger partial charge < -0.3 is 14.8 Å². The van der Waals surface area contributed by atoms with Crippen molar-refractivity contribution in [2.75, 3.05) is 33.9 Å². The molecule has 1 N–H and O–H groups in total. The minimum Gasteiger partial charge on any atom is -0.493 e. The average molecular weight is 461 g/mol. The van der Waals surface area contributed by atoms with Gasteiger partial charge in [0, 0.05) is 19.6 Å². The first-order valence-electron chi connectivity index (χ1n) is 11.0. The lowest BCUT2D eigenvalue weighted by atomic mass is 10.1. The summed E-state index contributed by atoms with van der Waals surface area (Å²) >= 11 is 0. The van der Waals surface area contributed by atoms with Crippen LogP contribution >= 0.6 is 0 Å². The number of ether oxygens (including phenoxy) is 2. The molecule has 0 unspecified atom stereocenters. The Labute approximate surface area is 190 Å². The van der Waals surface area contributed by atoms with Gasteiger partial charge in [-0.05, 0) is 54.7 Å². The van der Waals surface area contributed by atoms with E-state index in [-0.39, 0.29) is 12.3 Å². The first-order chi connectivity index (χ1) is 15.4. The van der Waals surface area contributed by atoms with E-state index in [0.717, 1.165) is 36.8 Å². The molecule has 2 aromatic rings. The van der Waals surface area contributed by atoms with Crippen molar-refractivity contribution in [3.8, 4) is 11.5 Å². The number of benzene rings is 2. The number of hydrogen-bond donors (Lipinski definition) is 1. The van der Waals surface area contributed by atoms with Crippen LogP contribution in [-0.2, 0) is 27.7 Å². The maximum Gasteiger partial charge on any atom is 0.243 e. The van der Waals surface area contributed by atoms with E-state index < -0.39 is 10.0 Å². The highest BCUT2D eigenvalue weighted by Gasteiger charge is 2.24. The summed E-state index contributed by atoms with van der Waals surface area (Å²) in [7, 11) is -0.305. The van der Waals surface area contributed by atoms with Crippen LogP contribution in [0.3, 0.4) is 0 Å². The summed E-state index contributed by atoms with van der Waals surface area (Å²) in [4.78, 5) is 12.6. The van der Waals surface area contributed by atoms with Crippen LogP contribution in [0.5, 0.6) is 11.5 Å². The van der Waals surface area contributed by atoms with Crippen LogP contribution in [0, 0.1) is 0 Å². The molecule has 2 aromatic carbocycles. The zero-order chi connectivity index (χ0) is 23.0. The van der Waals surface area contributed by atoms with Gasteiger partial charge in [0.2, 0.25) is 15.9 Å². The lowest BCUT2D eigenvalue weighted by Crippen LogP contribution is -2.31. The zero-order valence-corrected chi connectivity index (χ0v) is 19.6. The molecule has 7 nitrogen and oxygen atoms in total. The first kappa shape index (κ1) is 24.1. The lowest BCUT2D eigenvalue weighted by Gasteiger charge is -2.20. The molecule has 0 atom stereocenters. The molecule has 0 radical (unpaired) electrons. The molecule has 174 valence electrons. The third-order valence-corrected chi connectivity index (χ3v) is 7.59. The van der Waals surface area contributed by atoms with Crippen molar-refractivity contribution < 1.29 is 22.7 Å². The van der Waals surface area contributed by atoms with E-state index in [1.165, 1.54) is 0 Å². The summed E-state index contributed by atoms with van der Waals surface area (Å²) in [6.45, 7) is 1.66. The number of sulfonamides is 1. The minimum atomic E-state index is -3.44. The standard InChI is InChI=1S/C24H32N2O5S/c1-30-22-12-9-20(17-23(22)31-2)18-24(27)25-14-13-19-7-10-21(11-8-19)32(28,29)26-15-5-3-4-6-16-26/h7-12,17H,3-6,13-16,18H2,1-2H3,(H,25,27). The highest BCUT2D eigenvalue weighted by molar-refractivity contribution is 7.89. The number of methoxy groups -OCH3 is 2. The van der Waals surface area contributed by atoms with Gasteiger partial charge in [0.05, 0.1) is 25.5 Å². The summed E-state index contributed by atoms with van der Waals surface area (Å²) in [6.07, 6.45) is 4.88. The number of rotatable bonds is 9. The maximum atomic E-state index is 12.9. The summed E-state index contributed by atoms with van der Waals surface area (Å²) in [5.74, 6) is 1.13. The van der Waals surface area contributed by atoms with Gasteiger partial charge in [0.15, 0.2) is 11.5 Å². The van der Waals surface area contributed by atoms with Gasteiger partial charge in [0.25, 0.3) is 0 Å². The minimum absolute atomic E-state index is 0.0856. The topological polar surface area (TPSA) is 84.9 Å². The SMILES string of the molecule is COc1ccc(CC(=O)NCCc2ccc(S(=O)(=O)N3CCCCCC3)cc2)cc1OC. The number of hydrogen-bond acceptors (Lipinski definition) is 5. The van der Waals surface area contributed by atoms with E-state index in [1.807, 2.05) is 18.2 Å². The molecule has 1 amide bonds. The van der Waals surface area contributed by atoms with E-state index in [4.69, 9.17) is 9.47 Å². The molecule has 1 aliphatic rings. The van der Waals surface area contributed by atoms with Crippen molar-refractivity contribution >= 4 is 15.9 Å². The Hall–Kier alpha value is -2.58. The Morgan fingerprint density at radius 2 is 1.53 bits per heavy atom. The normalized spacial score (nSPS) is 15.1. The molecule has 1 fully saturated rings. The Morgan fingerprint density at radius 1 is 0.906 bits per heavy atom. The van der Waals surface area contributed by atoms with Crippen molar-refractivity contribution in [3.63, 3.8) is 0 Å². The van der Waals surface area contributed by atoms with Gasteiger partial charge in [0.1, 0.15) is 0 Å². The molecule has 0 bridgehead atoms. The predicted molar refractivity (Wildman–Crippen MR) is 124 cm³/mol. The third kappa shape index (κ3) is 6.23. The Kier molecular flexibility index (Phi) is 8.53. The molecule has 8 heteroatoms. The van der Waals surface area contributed by atoms with Gasteiger partial charge >= 0.3 is 0 Å². The van der Waals surface area contributed by atoms with Crippen molar-refractivity contribution in [2.45, 2.75) is 43.4 Å². The number of carbonyl (C=O) groups is 1. The van der Waals surface area contributed by atoms with Crippen molar-refractivity contribution in [2.24, 2.45) is 0 Å². The molecule has 0 spiro atoms. The quantitative estimate of drug-likeness (QED) is 0.621. The molecular formula is C24H32N2O5S. The Morgan fingerprint density at radius 3 is 2.16 bits per heavy atom. The summed E-state index contributed by atoms with van der Waals surface area (Å²) in [5.41, 5.74) is 1.81. The maximum absolute atomic E-state index is 12.9. The monoisotopic (exact) mass is 460 g/mol. The predicted octanol–water partition coefficient (Wildman–Crippen LogP) is 3.17. The van der Waals surface area contributed by atoms with Crippen molar-refractivity contribution in [1.29, 1.82) is 0 Å². The molecule has 0 aromatic heterocycles. The second-order valence-electron chi connectivity index (χ2n) is 7.93. The summed E-state index contributed by atoms with van der Waals surface area (Å²) in [5, 5.41) is 2.91. The van der Waals surface area contributed by atoms with Gasteiger partial charge in [-0.1, -0.05) is 31.0 Å². The van der Waals surface area contributed by atoms with E-state index in [1.54, 1.807) is 42.8 Å². The van der Waals surface area contributed by atoms with Gasteiger partial charge in [-0.3, -0.25) is 4.79 Å². The number of nitrogens with one attached hydrogen (secondary N) is 1. The van der Waals surface area contributed by atoms with Crippen LogP contribution in [0.25, 0.3) is 0 Å². The second-order valence-corrected chi connectivity index (χ2v) is 9.87. The fourth-order valence-electron chi connectivity index (χ4n) is 3.84. The second kappa shape index (κ2) is 11.3. The highest BCUT2D eigenvalue weighted by atomic mass is 32.2. The molecule has 1 heterocycles. The van der Waals surface area contributed by atoms with Crippen LogP contribution < -0.4 is 14.8 Å². The average Bonchev–Trinajstić information content (AvgIpc) is 3.09. The largest absolute Gasteiger partial charge is 0.493 e. The van der Waals surface area contributed by atoms with Crippen LogP contribution in [0.15, 0.2) is 47.4 Å². The number of nitrogens with zero attached hydrogens (tertiary/aromatic N) is 1. The summed E-state index contributed by atoms with van der Waals surface area (Å²) < 4.78 is 37.8. The lowest BCUT2D eigenvalue weighted by molar-refractivity contribution is -0.120. The fraction of sp³-hybridized carbons (Fsp3) is 0.458. The fourth-order valence-corrected chi connectivity index (χ4v) is 5.36. The van der Waals surface area contributed by atoms with Crippen LogP contribution in [0.4, 0.5) is 0 Å². The van der Waals surface area contributed by atoms with E-state index in [2.05, 4.69) is 5.32 Å². The van der Waals surface area contributed by atoms with Crippen molar-refractivity contribution in [1.82, 2.24) is 9.62 Å². The van der Waals surface area contributed by atoms with Gasteiger partial charge in [-0.25, -0.2) is 8.42 Å². The molecular weight excluding hydrogens is 428 g/mol. The highest BCUT2D eigenvalue weighted by Crippen LogP contribution is 2.27. The molecule has 0 aliphatic carbocycles. The molecule has 1 aliphatic heterocycles. The van der Waals surface area contributed by atoms with Crippen LogP contribution in [0.2, 0.25) is 0 Å². The van der Waals surface area contributed by atoms with Gasteiger partial charge in [-0.2, -0.15) is 4.31 Å². The molecule has 3 rings (SSSR count). The summed E-state index contributed by atoms with van der Waals surface area (Å²) in [6, 6.07) is 12.4. The van der Waals surface area contributed by atoms with E-state index in [0.29, 0.717) is 42.4 Å². The Balaban J connectivity index is 1.50. The smallest absolute Gasteiger partial charge is 0.243 e. The van der Waals surface area contributed by atoms with Crippen molar-refractivity contribution in [3.05, 3.63) is 53.6 Å². The number of carbonyl (C=O) groups excluding carboxylic acids is 1. The molecule has 32 heavy (non-hydrogen) atoms.